The summed E-state index contributed by atoms with van der Waals surface area (Å²) in [6, 6.07) is 8.90. The molecule has 0 aliphatic rings. The molecule has 0 saturated carbocycles. The van der Waals surface area contributed by atoms with Crippen molar-refractivity contribution in [3.63, 3.8) is 0 Å². The Kier molecular flexibility index (Phi) is 5.72. The number of benzene rings is 1. The quantitative estimate of drug-likeness (QED) is 0.756. The second-order valence-electron chi connectivity index (χ2n) is 4.55. The van der Waals surface area contributed by atoms with Gasteiger partial charge in [0.05, 0.1) is 9.83 Å². The molecule has 0 saturated heterocycles. The van der Waals surface area contributed by atoms with Crippen molar-refractivity contribution in [2.45, 2.75) is 26.5 Å². The van der Waals surface area contributed by atoms with Crippen LogP contribution in [0.15, 0.2) is 34.1 Å². The van der Waals surface area contributed by atoms with Gasteiger partial charge in [0.15, 0.2) is 0 Å². The molecular formula is C15H16BrF2NOS. The number of aryl methyl sites for hydroxylation is 1. The van der Waals surface area contributed by atoms with Crippen LogP contribution in [-0.2, 0) is 0 Å². The number of nitrogens with one attached hydrogen (secondary N) is 1. The SMILES string of the molecule is CCNC(c1cccc(OC(F)F)c1)c1cc(C)c(Br)s1. The molecule has 2 rings (SSSR count). The predicted molar refractivity (Wildman–Crippen MR) is 85.3 cm³/mol. The summed E-state index contributed by atoms with van der Waals surface area (Å²) in [7, 11) is 0. The first-order chi connectivity index (χ1) is 10.0. The molecule has 1 aromatic carbocycles. The second kappa shape index (κ2) is 7.33. The number of halogens is 3. The van der Waals surface area contributed by atoms with Gasteiger partial charge in [-0.2, -0.15) is 8.78 Å². The van der Waals surface area contributed by atoms with Gasteiger partial charge >= 0.3 is 6.61 Å². The van der Waals surface area contributed by atoms with E-state index < -0.39 is 6.61 Å². The smallest absolute Gasteiger partial charge is 0.387 e. The van der Waals surface area contributed by atoms with Crippen molar-refractivity contribution in [3.05, 3.63) is 50.1 Å². The topological polar surface area (TPSA) is 21.3 Å². The zero-order valence-corrected chi connectivity index (χ0v) is 14.1. The van der Waals surface area contributed by atoms with Crippen molar-refractivity contribution in [1.29, 1.82) is 0 Å². The maximum Gasteiger partial charge on any atom is 0.387 e. The Labute approximate surface area is 135 Å². The van der Waals surface area contributed by atoms with Gasteiger partial charge in [0.2, 0.25) is 0 Å². The zero-order chi connectivity index (χ0) is 15.4. The fraction of sp³-hybridized carbons (Fsp3) is 0.333. The van der Waals surface area contributed by atoms with Crippen LogP contribution in [0.1, 0.15) is 29.0 Å². The Morgan fingerprint density at radius 3 is 2.67 bits per heavy atom. The molecule has 0 fully saturated rings. The first kappa shape index (κ1) is 16.4. The Morgan fingerprint density at radius 2 is 2.10 bits per heavy atom. The highest BCUT2D eigenvalue weighted by Crippen LogP contribution is 2.35. The summed E-state index contributed by atoms with van der Waals surface area (Å²) in [4.78, 5) is 1.13. The minimum Gasteiger partial charge on any atom is -0.435 e. The summed E-state index contributed by atoms with van der Waals surface area (Å²) in [6.45, 7) is 2.01. The van der Waals surface area contributed by atoms with E-state index in [-0.39, 0.29) is 11.8 Å². The lowest BCUT2D eigenvalue weighted by Gasteiger charge is -2.18. The molecule has 0 spiro atoms. The van der Waals surface area contributed by atoms with E-state index in [0.717, 1.165) is 26.3 Å². The average molecular weight is 376 g/mol. The van der Waals surface area contributed by atoms with Crippen LogP contribution in [-0.4, -0.2) is 13.2 Å². The first-order valence-electron chi connectivity index (χ1n) is 6.55. The highest BCUT2D eigenvalue weighted by atomic mass is 79.9. The van der Waals surface area contributed by atoms with Crippen molar-refractivity contribution >= 4 is 27.3 Å². The number of alkyl halides is 2. The average Bonchev–Trinajstić information content (AvgIpc) is 2.75. The molecule has 0 aliphatic carbocycles. The Morgan fingerprint density at radius 1 is 1.33 bits per heavy atom. The number of rotatable bonds is 6. The zero-order valence-electron chi connectivity index (χ0n) is 11.7. The Balaban J connectivity index is 2.33. The largest absolute Gasteiger partial charge is 0.435 e. The highest BCUT2D eigenvalue weighted by molar-refractivity contribution is 9.11. The van der Waals surface area contributed by atoms with E-state index in [1.54, 1.807) is 23.5 Å². The monoisotopic (exact) mass is 375 g/mol. The van der Waals surface area contributed by atoms with E-state index in [1.807, 2.05) is 19.9 Å². The molecule has 1 unspecified atom stereocenters. The molecule has 1 atom stereocenters. The third kappa shape index (κ3) is 4.25. The van der Waals surface area contributed by atoms with Gasteiger partial charge in [0.25, 0.3) is 0 Å². The van der Waals surface area contributed by atoms with Crippen molar-refractivity contribution in [2.24, 2.45) is 0 Å². The van der Waals surface area contributed by atoms with Gasteiger partial charge in [-0.3, -0.25) is 0 Å². The molecule has 1 N–H and O–H groups in total. The molecule has 0 bridgehead atoms. The van der Waals surface area contributed by atoms with E-state index in [0.29, 0.717) is 0 Å². The third-order valence-electron chi connectivity index (χ3n) is 2.99. The van der Waals surface area contributed by atoms with Gasteiger partial charge in [0, 0.05) is 4.88 Å². The van der Waals surface area contributed by atoms with E-state index >= 15 is 0 Å². The maximum absolute atomic E-state index is 12.3. The van der Waals surface area contributed by atoms with Crippen LogP contribution < -0.4 is 10.1 Å². The lowest BCUT2D eigenvalue weighted by molar-refractivity contribution is -0.0498. The lowest BCUT2D eigenvalue weighted by Crippen LogP contribution is -2.21. The highest BCUT2D eigenvalue weighted by Gasteiger charge is 2.17. The minimum atomic E-state index is -2.81. The summed E-state index contributed by atoms with van der Waals surface area (Å²) in [5, 5.41) is 3.38. The molecule has 2 aromatic rings. The van der Waals surface area contributed by atoms with E-state index in [2.05, 4.69) is 32.0 Å². The minimum absolute atomic E-state index is 0.0359. The number of hydrogen-bond donors (Lipinski definition) is 1. The number of ether oxygens (including phenoxy) is 1. The van der Waals surface area contributed by atoms with Crippen LogP contribution in [0.4, 0.5) is 8.78 Å². The molecule has 0 aliphatic heterocycles. The standard InChI is InChI=1S/C15H16BrF2NOS/c1-3-19-13(12-7-9(2)14(16)21-12)10-5-4-6-11(8-10)20-15(17)18/h4-8,13,15,19H,3H2,1-2H3. The van der Waals surface area contributed by atoms with Gasteiger partial charge in [-0.15, -0.1) is 11.3 Å². The molecule has 0 amide bonds. The second-order valence-corrected chi connectivity index (χ2v) is 6.95. The molecule has 6 heteroatoms. The summed E-state index contributed by atoms with van der Waals surface area (Å²) >= 11 is 5.16. The fourth-order valence-electron chi connectivity index (χ4n) is 2.08. The van der Waals surface area contributed by atoms with Gasteiger partial charge < -0.3 is 10.1 Å². The van der Waals surface area contributed by atoms with Crippen molar-refractivity contribution < 1.29 is 13.5 Å². The van der Waals surface area contributed by atoms with Gasteiger partial charge in [-0.05, 0) is 58.7 Å². The molecular weight excluding hydrogens is 360 g/mol. The van der Waals surface area contributed by atoms with E-state index in [9.17, 15) is 8.78 Å². The van der Waals surface area contributed by atoms with Crippen molar-refractivity contribution in [1.82, 2.24) is 5.32 Å². The van der Waals surface area contributed by atoms with Crippen LogP contribution in [0.2, 0.25) is 0 Å². The summed E-state index contributed by atoms with van der Waals surface area (Å²) in [5.74, 6) is 0.178. The molecule has 1 heterocycles. The van der Waals surface area contributed by atoms with E-state index in [4.69, 9.17) is 0 Å². The van der Waals surface area contributed by atoms with Crippen LogP contribution in [0.5, 0.6) is 5.75 Å². The Hall–Kier alpha value is -0.980. The van der Waals surface area contributed by atoms with Crippen molar-refractivity contribution in [2.75, 3.05) is 6.54 Å². The Bertz CT molecular complexity index is 584. The predicted octanol–water partition coefficient (Wildman–Crippen LogP) is 5.12. The van der Waals surface area contributed by atoms with Crippen LogP contribution in [0.3, 0.4) is 0 Å². The lowest BCUT2D eigenvalue weighted by atomic mass is 10.0. The molecule has 21 heavy (non-hydrogen) atoms. The summed E-state index contributed by atoms with van der Waals surface area (Å²) in [6.07, 6.45) is 0. The van der Waals surface area contributed by atoms with Gasteiger partial charge in [-0.1, -0.05) is 19.1 Å². The van der Waals surface area contributed by atoms with Crippen molar-refractivity contribution in [3.8, 4) is 5.75 Å². The maximum atomic E-state index is 12.3. The summed E-state index contributed by atoms with van der Waals surface area (Å²) < 4.78 is 30.2. The fourth-order valence-corrected chi connectivity index (χ4v) is 3.76. The van der Waals surface area contributed by atoms with E-state index in [1.165, 1.54) is 6.07 Å². The molecule has 114 valence electrons. The molecule has 0 radical (unpaired) electrons. The van der Waals surface area contributed by atoms with Crippen LogP contribution in [0.25, 0.3) is 0 Å². The van der Waals surface area contributed by atoms with Crippen LogP contribution >= 0.6 is 27.3 Å². The number of thiophene rings is 1. The van der Waals surface area contributed by atoms with Gasteiger partial charge in [0.1, 0.15) is 5.75 Å². The van der Waals surface area contributed by atoms with Gasteiger partial charge in [-0.25, -0.2) is 0 Å². The molecule has 1 aromatic heterocycles. The number of hydrogen-bond acceptors (Lipinski definition) is 3. The first-order valence-corrected chi connectivity index (χ1v) is 8.16. The molecule has 2 nitrogen and oxygen atoms in total. The van der Waals surface area contributed by atoms with Crippen LogP contribution in [0, 0.1) is 6.92 Å². The summed E-state index contributed by atoms with van der Waals surface area (Å²) in [5.41, 5.74) is 2.07. The third-order valence-corrected chi connectivity index (χ3v) is 5.19. The normalized spacial score (nSPS) is 12.7.